The molecule has 1 aromatic carbocycles. The largest absolute Gasteiger partial charge is 0.339 e. The van der Waals surface area contributed by atoms with Gasteiger partial charge in [-0.1, -0.05) is 6.07 Å². The second kappa shape index (κ2) is 6.44. The quantitative estimate of drug-likeness (QED) is 0.686. The lowest BCUT2D eigenvalue weighted by molar-refractivity contribution is -0.384. The van der Waals surface area contributed by atoms with Crippen LogP contribution in [0.5, 0.6) is 0 Å². The van der Waals surface area contributed by atoms with Gasteiger partial charge in [0, 0.05) is 36.8 Å². The molecule has 6 heteroatoms. The molecule has 1 N–H and O–H groups in total. The number of hydrogen-bond donors (Lipinski definition) is 1. The van der Waals surface area contributed by atoms with Gasteiger partial charge in [0.25, 0.3) is 11.6 Å². The van der Waals surface area contributed by atoms with Gasteiger partial charge in [0.2, 0.25) is 0 Å². The van der Waals surface area contributed by atoms with Crippen LogP contribution >= 0.6 is 0 Å². The van der Waals surface area contributed by atoms with Crippen molar-refractivity contribution in [2.45, 2.75) is 31.7 Å². The predicted octanol–water partition coefficient (Wildman–Crippen LogP) is 2.20. The van der Waals surface area contributed by atoms with Crippen molar-refractivity contribution in [3.8, 4) is 0 Å². The Kier molecular flexibility index (Phi) is 4.38. The van der Waals surface area contributed by atoms with E-state index in [2.05, 4.69) is 5.32 Å². The van der Waals surface area contributed by atoms with Crippen LogP contribution in [0.2, 0.25) is 0 Å². The van der Waals surface area contributed by atoms with E-state index < -0.39 is 4.92 Å². The van der Waals surface area contributed by atoms with Crippen LogP contribution in [0.3, 0.4) is 0 Å². The summed E-state index contributed by atoms with van der Waals surface area (Å²) in [6.45, 7) is 2.59. The van der Waals surface area contributed by atoms with Crippen molar-refractivity contribution in [3.63, 3.8) is 0 Å². The first-order valence-corrected chi connectivity index (χ1v) is 7.92. The van der Waals surface area contributed by atoms with Crippen molar-refractivity contribution in [1.29, 1.82) is 0 Å². The monoisotopic (exact) mass is 303 g/mol. The molecule has 3 rings (SSSR count). The smallest absolute Gasteiger partial charge is 0.270 e. The fourth-order valence-corrected chi connectivity index (χ4v) is 3.55. The third-order valence-electron chi connectivity index (χ3n) is 4.80. The molecule has 1 atom stereocenters. The highest BCUT2D eigenvalue weighted by Gasteiger charge is 2.30. The van der Waals surface area contributed by atoms with Gasteiger partial charge in [0.15, 0.2) is 0 Å². The maximum atomic E-state index is 12.5. The average molecular weight is 303 g/mol. The minimum Gasteiger partial charge on any atom is -0.339 e. The minimum atomic E-state index is -0.464. The summed E-state index contributed by atoms with van der Waals surface area (Å²) in [6.07, 6.45) is 4.51. The van der Waals surface area contributed by atoms with Crippen LogP contribution in [0.1, 0.15) is 36.0 Å². The molecule has 0 spiro atoms. The summed E-state index contributed by atoms with van der Waals surface area (Å²) in [6, 6.07) is 6.61. The molecule has 1 unspecified atom stereocenters. The molecule has 2 aliphatic heterocycles. The molecule has 0 aliphatic carbocycles. The number of hydrogen-bond acceptors (Lipinski definition) is 4. The summed E-state index contributed by atoms with van der Waals surface area (Å²) in [5.41, 5.74) is 0.377. The number of likely N-dealkylation sites (tertiary alicyclic amines) is 1. The van der Waals surface area contributed by atoms with Crippen molar-refractivity contribution in [3.05, 3.63) is 39.9 Å². The van der Waals surface area contributed by atoms with E-state index in [0.29, 0.717) is 17.5 Å². The number of nitrogens with one attached hydrogen (secondary N) is 1. The molecule has 2 heterocycles. The van der Waals surface area contributed by atoms with Crippen LogP contribution < -0.4 is 5.32 Å². The molecule has 0 bridgehead atoms. The molecule has 1 aromatic rings. The maximum absolute atomic E-state index is 12.5. The summed E-state index contributed by atoms with van der Waals surface area (Å²) in [5.74, 6) is 0.554. The number of non-ortho nitro benzene ring substituents is 1. The highest BCUT2D eigenvalue weighted by Crippen LogP contribution is 2.26. The standard InChI is InChI=1S/C16H21N3O3/c20-16(13-3-1-4-14(11-13)19(21)22)18-9-6-12(7-10-18)15-5-2-8-17-15/h1,3-4,11-12,15,17H,2,5-10H2. The summed E-state index contributed by atoms with van der Waals surface area (Å²) in [4.78, 5) is 24.7. The zero-order valence-corrected chi connectivity index (χ0v) is 12.5. The topological polar surface area (TPSA) is 75.5 Å². The van der Waals surface area contributed by atoms with Gasteiger partial charge in [-0.3, -0.25) is 14.9 Å². The minimum absolute atomic E-state index is 0.0316. The molecule has 22 heavy (non-hydrogen) atoms. The molecule has 0 saturated carbocycles. The number of carbonyl (C=O) groups excluding carboxylic acids is 1. The Morgan fingerprint density at radius 2 is 2.05 bits per heavy atom. The highest BCUT2D eigenvalue weighted by atomic mass is 16.6. The molecule has 1 amide bonds. The number of nitrogens with zero attached hydrogens (tertiary/aromatic N) is 2. The van der Waals surface area contributed by atoms with Crippen LogP contribution in [0.4, 0.5) is 5.69 Å². The molecule has 0 radical (unpaired) electrons. The fraction of sp³-hybridized carbons (Fsp3) is 0.562. The Balaban J connectivity index is 1.62. The van der Waals surface area contributed by atoms with Gasteiger partial charge < -0.3 is 10.2 Å². The lowest BCUT2D eigenvalue weighted by Crippen LogP contribution is -2.43. The Morgan fingerprint density at radius 1 is 1.27 bits per heavy atom. The van der Waals surface area contributed by atoms with E-state index >= 15 is 0 Å². The molecule has 2 saturated heterocycles. The second-order valence-electron chi connectivity index (χ2n) is 6.14. The van der Waals surface area contributed by atoms with Crippen LogP contribution in [0.15, 0.2) is 24.3 Å². The van der Waals surface area contributed by atoms with Gasteiger partial charge in [-0.25, -0.2) is 0 Å². The number of nitro groups is 1. The first-order valence-electron chi connectivity index (χ1n) is 7.92. The molecule has 0 aromatic heterocycles. The number of piperidine rings is 1. The second-order valence-corrected chi connectivity index (χ2v) is 6.14. The van der Waals surface area contributed by atoms with Gasteiger partial charge in [-0.05, 0) is 44.2 Å². The first-order chi connectivity index (χ1) is 10.6. The molecule has 6 nitrogen and oxygen atoms in total. The van der Waals surface area contributed by atoms with E-state index in [-0.39, 0.29) is 11.6 Å². The van der Waals surface area contributed by atoms with Gasteiger partial charge in [0.05, 0.1) is 4.92 Å². The lowest BCUT2D eigenvalue weighted by atomic mass is 9.88. The van der Waals surface area contributed by atoms with Crippen LogP contribution in [0.25, 0.3) is 0 Å². The third kappa shape index (κ3) is 3.11. The molecular formula is C16H21N3O3. The van der Waals surface area contributed by atoms with E-state index in [9.17, 15) is 14.9 Å². The van der Waals surface area contributed by atoms with Gasteiger partial charge in [-0.2, -0.15) is 0 Å². The van der Waals surface area contributed by atoms with Gasteiger partial charge >= 0.3 is 0 Å². The third-order valence-corrected chi connectivity index (χ3v) is 4.80. The Bertz CT molecular complexity index is 562. The lowest BCUT2D eigenvalue weighted by Gasteiger charge is -2.35. The number of amides is 1. The normalized spacial score (nSPS) is 22.7. The molecular weight excluding hydrogens is 282 g/mol. The Labute approximate surface area is 129 Å². The van der Waals surface area contributed by atoms with Crippen molar-refractivity contribution < 1.29 is 9.72 Å². The Morgan fingerprint density at radius 3 is 2.68 bits per heavy atom. The highest BCUT2D eigenvalue weighted by molar-refractivity contribution is 5.94. The van der Waals surface area contributed by atoms with Gasteiger partial charge in [0.1, 0.15) is 0 Å². The predicted molar refractivity (Wildman–Crippen MR) is 82.7 cm³/mol. The molecule has 2 fully saturated rings. The van der Waals surface area contributed by atoms with Gasteiger partial charge in [-0.15, -0.1) is 0 Å². The van der Waals surface area contributed by atoms with Crippen molar-refractivity contribution in [2.75, 3.05) is 19.6 Å². The summed E-state index contributed by atoms with van der Waals surface area (Å²) in [7, 11) is 0. The summed E-state index contributed by atoms with van der Waals surface area (Å²) in [5, 5.41) is 14.4. The number of rotatable bonds is 3. The number of benzene rings is 1. The fourth-order valence-electron chi connectivity index (χ4n) is 3.55. The number of carbonyl (C=O) groups is 1. The summed E-state index contributed by atoms with van der Waals surface area (Å²) >= 11 is 0. The first kappa shape index (κ1) is 15.0. The van der Waals surface area contributed by atoms with E-state index in [1.807, 2.05) is 4.90 Å². The van der Waals surface area contributed by atoms with Crippen molar-refractivity contribution in [2.24, 2.45) is 5.92 Å². The maximum Gasteiger partial charge on any atom is 0.270 e. The van der Waals surface area contributed by atoms with Crippen LogP contribution in [0, 0.1) is 16.0 Å². The van der Waals surface area contributed by atoms with Crippen LogP contribution in [-0.4, -0.2) is 41.4 Å². The number of nitro benzene ring substituents is 1. The Hall–Kier alpha value is -1.95. The SMILES string of the molecule is O=C(c1cccc([N+](=O)[O-])c1)N1CCC(C2CCCN2)CC1. The zero-order chi connectivity index (χ0) is 15.5. The molecule has 118 valence electrons. The van der Waals surface area contributed by atoms with Crippen molar-refractivity contribution >= 4 is 11.6 Å². The zero-order valence-electron chi connectivity index (χ0n) is 12.5. The average Bonchev–Trinajstić information content (AvgIpc) is 3.09. The van der Waals surface area contributed by atoms with Crippen molar-refractivity contribution in [1.82, 2.24) is 10.2 Å². The van der Waals surface area contributed by atoms with E-state index in [0.717, 1.165) is 32.5 Å². The van der Waals surface area contributed by atoms with E-state index in [1.165, 1.54) is 25.0 Å². The van der Waals surface area contributed by atoms with Crippen LogP contribution in [-0.2, 0) is 0 Å². The van der Waals surface area contributed by atoms with E-state index in [1.54, 1.807) is 12.1 Å². The summed E-state index contributed by atoms with van der Waals surface area (Å²) < 4.78 is 0. The van der Waals surface area contributed by atoms with E-state index in [4.69, 9.17) is 0 Å². The molecule has 2 aliphatic rings.